The number of carbonyl (C=O) groups excluding carboxylic acids is 2. The SMILES string of the molecule is CC(CNC(=O)C1(C)CCCN(C(=O)c2ccccc2)C1)CC(=O)O. The molecule has 0 aromatic heterocycles. The molecular formula is C19H26N2O4. The molecule has 0 aliphatic carbocycles. The van der Waals surface area contributed by atoms with Crippen LogP contribution in [0.4, 0.5) is 0 Å². The molecule has 1 saturated heterocycles. The Morgan fingerprint density at radius 3 is 2.60 bits per heavy atom. The average Bonchev–Trinajstić information content (AvgIpc) is 2.59. The lowest BCUT2D eigenvalue weighted by Gasteiger charge is -2.39. The summed E-state index contributed by atoms with van der Waals surface area (Å²) in [5.74, 6) is -1.17. The fourth-order valence-electron chi connectivity index (χ4n) is 3.21. The molecule has 0 radical (unpaired) electrons. The van der Waals surface area contributed by atoms with Crippen molar-refractivity contribution >= 4 is 17.8 Å². The van der Waals surface area contributed by atoms with E-state index >= 15 is 0 Å². The summed E-state index contributed by atoms with van der Waals surface area (Å²) in [6.45, 7) is 5.01. The Bertz CT molecular complexity index is 632. The Balaban J connectivity index is 1.97. The molecule has 0 bridgehead atoms. The predicted molar refractivity (Wildman–Crippen MR) is 94.1 cm³/mol. The molecule has 6 heteroatoms. The first-order chi connectivity index (χ1) is 11.8. The Morgan fingerprint density at radius 2 is 1.96 bits per heavy atom. The number of aliphatic carboxylic acids is 1. The van der Waals surface area contributed by atoms with Crippen LogP contribution in [0.5, 0.6) is 0 Å². The summed E-state index contributed by atoms with van der Waals surface area (Å²) in [6.07, 6.45) is 1.51. The van der Waals surface area contributed by atoms with Crippen LogP contribution < -0.4 is 5.32 Å². The molecule has 1 heterocycles. The monoisotopic (exact) mass is 346 g/mol. The summed E-state index contributed by atoms with van der Waals surface area (Å²) < 4.78 is 0. The number of piperidine rings is 1. The van der Waals surface area contributed by atoms with E-state index in [-0.39, 0.29) is 24.2 Å². The topological polar surface area (TPSA) is 86.7 Å². The van der Waals surface area contributed by atoms with Crippen LogP contribution in [0.3, 0.4) is 0 Å². The molecule has 0 spiro atoms. The minimum atomic E-state index is -0.870. The zero-order valence-corrected chi connectivity index (χ0v) is 14.8. The number of benzene rings is 1. The Hall–Kier alpha value is -2.37. The van der Waals surface area contributed by atoms with Crippen molar-refractivity contribution in [1.29, 1.82) is 0 Å². The molecule has 2 rings (SSSR count). The van der Waals surface area contributed by atoms with E-state index in [4.69, 9.17) is 5.11 Å². The van der Waals surface area contributed by atoms with Gasteiger partial charge in [-0.1, -0.05) is 25.1 Å². The molecule has 2 unspecified atom stereocenters. The molecule has 1 aromatic carbocycles. The number of hydrogen-bond acceptors (Lipinski definition) is 3. The highest BCUT2D eigenvalue weighted by molar-refractivity contribution is 5.95. The lowest BCUT2D eigenvalue weighted by atomic mass is 9.80. The highest BCUT2D eigenvalue weighted by Crippen LogP contribution is 2.30. The quantitative estimate of drug-likeness (QED) is 0.826. The smallest absolute Gasteiger partial charge is 0.303 e. The fraction of sp³-hybridized carbons (Fsp3) is 0.526. The van der Waals surface area contributed by atoms with E-state index in [1.165, 1.54) is 0 Å². The van der Waals surface area contributed by atoms with Crippen LogP contribution in [0.1, 0.15) is 43.5 Å². The first-order valence-electron chi connectivity index (χ1n) is 8.66. The van der Waals surface area contributed by atoms with Crippen LogP contribution >= 0.6 is 0 Å². The molecule has 6 nitrogen and oxygen atoms in total. The molecule has 1 fully saturated rings. The molecule has 2 N–H and O–H groups in total. The van der Waals surface area contributed by atoms with Gasteiger partial charge in [-0.3, -0.25) is 14.4 Å². The molecule has 1 aliphatic rings. The van der Waals surface area contributed by atoms with Gasteiger partial charge in [-0.05, 0) is 37.8 Å². The van der Waals surface area contributed by atoms with E-state index < -0.39 is 11.4 Å². The Labute approximate surface area is 148 Å². The first-order valence-corrected chi connectivity index (χ1v) is 8.66. The largest absolute Gasteiger partial charge is 0.481 e. The number of carbonyl (C=O) groups is 3. The number of likely N-dealkylation sites (tertiary alicyclic amines) is 1. The van der Waals surface area contributed by atoms with E-state index in [0.717, 1.165) is 6.42 Å². The van der Waals surface area contributed by atoms with Gasteiger partial charge in [0.25, 0.3) is 5.91 Å². The third-order valence-corrected chi connectivity index (χ3v) is 4.69. The zero-order valence-electron chi connectivity index (χ0n) is 14.8. The van der Waals surface area contributed by atoms with E-state index in [2.05, 4.69) is 5.32 Å². The molecule has 1 aliphatic heterocycles. The van der Waals surface area contributed by atoms with Gasteiger partial charge >= 0.3 is 5.97 Å². The van der Waals surface area contributed by atoms with Crippen molar-refractivity contribution in [2.45, 2.75) is 33.1 Å². The summed E-state index contributed by atoms with van der Waals surface area (Å²) in [5.41, 5.74) is -0.0201. The van der Waals surface area contributed by atoms with Crippen molar-refractivity contribution < 1.29 is 19.5 Å². The van der Waals surface area contributed by atoms with Gasteiger partial charge in [0, 0.05) is 31.6 Å². The zero-order chi connectivity index (χ0) is 18.4. The number of hydrogen-bond donors (Lipinski definition) is 2. The van der Waals surface area contributed by atoms with Crippen LogP contribution in [0.25, 0.3) is 0 Å². The van der Waals surface area contributed by atoms with Crippen molar-refractivity contribution in [3.05, 3.63) is 35.9 Å². The van der Waals surface area contributed by atoms with Crippen molar-refractivity contribution in [1.82, 2.24) is 10.2 Å². The summed E-state index contributed by atoms with van der Waals surface area (Å²) in [6, 6.07) is 9.08. The lowest BCUT2D eigenvalue weighted by Crippen LogP contribution is -2.52. The predicted octanol–water partition coefficient (Wildman–Crippen LogP) is 2.16. The fourth-order valence-corrected chi connectivity index (χ4v) is 3.21. The van der Waals surface area contributed by atoms with Gasteiger partial charge < -0.3 is 15.3 Å². The van der Waals surface area contributed by atoms with Gasteiger partial charge in [-0.25, -0.2) is 0 Å². The van der Waals surface area contributed by atoms with Crippen LogP contribution in [0.15, 0.2) is 30.3 Å². The molecule has 2 amide bonds. The summed E-state index contributed by atoms with van der Waals surface area (Å²) >= 11 is 0. The second-order valence-corrected chi connectivity index (χ2v) is 7.17. The number of nitrogens with one attached hydrogen (secondary N) is 1. The molecule has 25 heavy (non-hydrogen) atoms. The van der Waals surface area contributed by atoms with Crippen molar-refractivity contribution in [2.24, 2.45) is 11.3 Å². The van der Waals surface area contributed by atoms with Crippen LogP contribution in [0, 0.1) is 11.3 Å². The number of carboxylic acids is 1. The number of amides is 2. The van der Waals surface area contributed by atoms with Crippen molar-refractivity contribution in [2.75, 3.05) is 19.6 Å². The summed E-state index contributed by atoms with van der Waals surface area (Å²) in [7, 11) is 0. The number of nitrogens with zero attached hydrogens (tertiary/aromatic N) is 1. The van der Waals surface area contributed by atoms with Crippen LogP contribution in [-0.4, -0.2) is 47.4 Å². The van der Waals surface area contributed by atoms with Crippen LogP contribution in [-0.2, 0) is 9.59 Å². The minimum Gasteiger partial charge on any atom is -0.481 e. The Morgan fingerprint density at radius 1 is 1.28 bits per heavy atom. The van der Waals surface area contributed by atoms with Gasteiger partial charge in [0.2, 0.25) is 5.91 Å². The first kappa shape index (κ1) is 19.0. The summed E-state index contributed by atoms with van der Waals surface area (Å²) in [5, 5.41) is 11.7. The van der Waals surface area contributed by atoms with Gasteiger partial charge in [-0.2, -0.15) is 0 Å². The van der Waals surface area contributed by atoms with E-state index in [9.17, 15) is 14.4 Å². The van der Waals surface area contributed by atoms with Crippen molar-refractivity contribution in [3.63, 3.8) is 0 Å². The highest BCUT2D eigenvalue weighted by Gasteiger charge is 2.39. The molecular weight excluding hydrogens is 320 g/mol. The Kier molecular flexibility index (Phi) is 6.17. The second kappa shape index (κ2) is 8.14. The van der Waals surface area contributed by atoms with Gasteiger partial charge in [0.05, 0.1) is 5.41 Å². The van der Waals surface area contributed by atoms with Gasteiger partial charge in [-0.15, -0.1) is 0 Å². The third kappa shape index (κ3) is 5.05. The third-order valence-electron chi connectivity index (χ3n) is 4.69. The van der Waals surface area contributed by atoms with E-state index in [1.807, 2.05) is 25.1 Å². The maximum Gasteiger partial charge on any atom is 0.303 e. The maximum absolute atomic E-state index is 12.6. The summed E-state index contributed by atoms with van der Waals surface area (Å²) in [4.78, 5) is 37.7. The minimum absolute atomic E-state index is 0.0234. The number of rotatable bonds is 6. The highest BCUT2D eigenvalue weighted by atomic mass is 16.4. The van der Waals surface area contributed by atoms with E-state index in [0.29, 0.717) is 31.6 Å². The van der Waals surface area contributed by atoms with Gasteiger partial charge in [0.15, 0.2) is 0 Å². The number of carboxylic acid groups (broad SMARTS) is 1. The molecule has 1 aromatic rings. The van der Waals surface area contributed by atoms with Crippen molar-refractivity contribution in [3.8, 4) is 0 Å². The molecule has 0 saturated carbocycles. The second-order valence-electron chi connectivity index (χ2n) is 7.17. The van der Waals surface area contributed by atoms with Gasteiger partial charge in [0.1, 0.15) is 0 Å². The normalized spacial score (nSPS) is 21.4. The van der Waals surface area contributed by atoms with Crippen LogP contribution in [0.2, 0.25) is 0 Å². The van der Waals surface area contributed by atoms with E-state index in [1.54, 1.807) is 24.0 Å². The standard InChI is InChI=1S/C19H26N2O4/c1-14(11-16(22)23)12-20-18(25)19(2)9-6-10-21(13-19)17(24)15-7-4-3-5-8-15/h3-5,7-8,14H,6,9-13H2,1-2H3,(H,20,25)(H,22,23). The average molecular weight is 346 g/mol. The lowest BCUT2D eigenvalue weighted by molar-refractivity contribution is -0.138. The molecule has 2 atom stereocenters. The molecule has 136 valence electrons. The maximum atomic E-state index is 12.6.